The van der Waals surface area contributed by atoms with E-state index in [2.05, 4.69) is 20.4 Å². The van der Waals surface area contributed by atoms with Crippen LogP contribution >= 0.6 is 0 Å². The van der Waals surface area contributed by atoms with Crippen molar-refractivity contribution in [1.29, 1.82) is 0 Å². The fourth-order valence-electron chi connectivity index (χ4n) is 3.61. The number of carbonyl (C=O) groups excluding carboxylic acids is 1. The van der Waals surface area contributed by atoms with E-state index in [-0.39, 0.29) is 5.91 Å². The van der Waals surface area contributed by atoms with Crippen molar-refractivity contribution >= 4 is 17.4 Å². The third-order valence-corrected chi connectivity index (χ3v) is 5.37. The Hall–Kier alpha value is -3.35. The van der Waals surface area contributed by atoms with Crippen molar-refractivity contribution in [2.45, 2.75) is 39.7 Å². The summed E-state index contributed by atoms with van der Waals surface area (Å²) in [4.78, 5) is 19.5. The lowest BCUT2D eigenvalue weighted by Crippen LogP contribution is -2.31. The molecule has 1 N–H and O–H groups in total. The second kappa shape index (κ2) is 8.98. The summed E-state index contributed by atoms with van der Waals surface area (Å²) in [7, 11) is 0. The maximum absolute atomic E-state index is 12.8. The molecule has 1 amide bonds. The molecular formula is C23H26N4O3. The molecular weight excluding hydrogens is 380 g/mol. The molecule has 7 nitrogen and oxygen atoms in total. The number of ether oxygens (including phenoxy) is 1. The average molecular weight is 406 g/mol. The van der Waals surface area contributed by atoms with E-state index in [0.717, 1.165) is 54.5 Å². The number of hydrogen-bond donors (Lipinski definition) is 1. The number of amides is 1. The molecule has 3 heterocycles. The highest BCUT2D eigenvalue weighted by Crippen LogP contribution is 2.26. The number of piperidine rings is 1. The number of aryl methyl sites for hydroxylation is 2. The smallest absolute Gasteiger partial charge is 0.255 e. The maximum atomic E-state index is 12.8. The van der Waals surface area contributed by atoms with E-state index >= 15 is 0 Å². The maximum Gasteiger partial charge on any atom is 0.255 e. The van der Waals surface area contributed by atoms with Gasteiger partial charge in [-0.2, -0.15) is 0 Å². The molecule has 30 heavy (non-hydrogen) atoms. The fourth-order valence-corrected chi connectivity index (χ4v) is 3.61. The van der Waals surface area contributed by atoms with Gasteiger partial charge in [-0.25, -0.2) is 4.98 Å². The second-order valence-electron chi connectivity index (χ2n) is 7.49. The molecule has 156 valence electrons. The van der Waals surface area contributed by atoms with Crippen LogP contribution in [0.1, 0.15) is 46.6 Å². The number of rotatable bonds is 6. The summed E-state index contributed by atoms with van der Waals surface area (Å²) in [6.07, 6.45) is 5.32. The molecule has 1 aromatic carbocycles. The molecule has 0 aliphatic carbocycles. The number of benzene rings is 1. The van der Waals surface area contributed by atoms with Gasteiger partial charge in [-0.3, -0.25) is 4.79 Å². The molecule has 4 rings (SSSR count). The molecule has 0 saturated carbocycles. The van der Waals surface area contributed by atoms with Crippen LogP contribution in [0, 0.1) is 13.8 Å². The van der Waals surface area contributed by atoms with Gasteiger partial charge in [0.15, 0.2) is 5.82 Å². The topological polar surface area (TPSA) is 80.5 Å². The number of nitrogens with one attached hydrogen (secondary N) is 1. The van der Waals surface area contributed by atoms with E-state index in [1.54, 1.807) is 30.5 Å². The predicted octanol–water partition coefficient (Wildman–Crippen LogP) is 4.51. The third-order valence-electron chi connectivity index (χ3n) is 5.37. The molecule has 2 aromatic heterocycles. The summed E-state index contributed by atoms with van der Waals surface area (Å²) in [6, 6.07) is 10.8. The molecule has 1 saturated heterocycles. The zero-order chi connectivity index (χ0) is 20.9. The zero-order valence-corrected chi connectivity index (χ0v) is 17.4. The van der Waals surface area contributed by atoms with Crippen molar-refractivity contribution in [3.63, 3.8) is 0 Å². The standard InChI is InChI=1S/C23H26N4O3/c1-16-20(17(2)30-26-16)15-29-19-10-8-18(9-11-19)23(28)25-21-7-6-12-24-22(21)27-13-4-3-5-14-27/h6-12H,3-5,13-15H2,1-2H3,(H,25,28). The monoisotopic (exact) mass is 406 g/mol. The van der Waals surface area contributed by atoms with Gasteiger partial charge in [-0.05, 0) is 69.5 Å². The summed E-state index contributed by atoms with van der Waals surface area (Å²) in [5.41, 5.74) is 3.07. The van der Waals surface area contributed by atoms with Crippen LogP contribution in [0.3, 0.4) is 0 Å². The van der Waals surface area contributed by atoms with Gasteiger partial charge in [0.1, 0.15) is 18.1 Å². The van der Waals surface area contributed by atoms with Crippen molar-refractivity contribution in [3.8, 4) is 5.75 Å². The summed E-state index contributed by atoms with van der Waals surface area (Å²) in [5, 5.41) is 6.94. The highest BCUT2D eigenvalue weighted by Gasteiger charge is 2.17. The van der Waals surface area contributed by atoms with Crippen LogP contribution < -0.4 is 15.0 Å². The molecule has 0 atom stereocenters. The highest BCUT2D eigenvalue weighted by atomic mass is 16.5. The van der Waals surface area contributed by atoms with Crippen molar-refractivity contribution < 1.29 is 14.1 Å². The van der Waals surface area contributed by atoms with Crippen LogP contribution in [-0.4, -0.2) is 29.1 Å². The zero-order valence-electron chi connectivity index (χ0n) is 17.4. The molecule has 7 heteroatoms. The Labute approximate surface area is 176 Å². The van der Waals surface area contributed by atoms with Gasteiger partial charge in [0.2, 0.25) is 0 Å². The van der Waals surface area contributed by atoms with Gasteiger partial charge in [-0.15, -0.1) is 0 Å². The Bertz CT molecular complexity index is 988. The average Bonchev–Trinajstić information content (AvgIpc) is 3.11. The van der Waals surface area contributed by atoms with E-state index in [1.165, 1.54) is 6.42 Å². The quantitative estimate of drug-likeness (QED) is 0.649. The van der Waals surface area contributed by atoms with Crippen molar-refractivity contribution in [2.24, 2.45) is 0 Å². The molecule has 3 aromatic rings. The van der Waals surface area contributed by atoms with E-state index in [4.69, 9.17) is 9.26 Å². The molecule has 1 aliphatic rings. The molecule has 1 aliphatic heterocycles. The second-order valence-corrected chi connectivity index (χ2v) is 7.49. The van der Waals surface area contributed by atoms with Crippen LogP contribution in [0.5, 0.6) is 5.75 Å². The minimum atomic E-state index is -0.168. The predicted molar refractivity (Wildman–Crippen MR) is 115 cm³/mol. The number of aromatic nitrogens is 2. The number of anilines is 2. The molecule has 0 spiro atoms. The van der Waals surface area contributed by atoms with Crippen LogP contribution in [0.4, 0.5) is 11.5 Å². The first-order valence-corrected chi connectivity index (χ1v) is 10.3. The Kier molecular flexibility index (Phi) is 5.97. The summed E-state index contributed by atoms with van der Waals surface area (Å²) in [6.45, 7) is 6.07. The number of carbonyl (C=O) groups is 1. The SMILES string of the molecule is Cc1noc(C)c1COc1ccc(C(=O)Nc2cccnc2N2CCCCC2)cc1. The summed E-state index contributed by atoms with van der Waals surface area (Å²) >= 11 is 0. The first-order valence-electron chi connectivity index (χ1n) is 10.3. The van der Waals surface area contributed by atoms with E-state index in [1.807, 2.05) is 26.0 Å². The lowest BCUT2D eigenvalue weighted by Gasteiger charge is -2.29. The summed E-state index contributed by atoms with van der Waals surface area (Å²) < 4.78 is 11.0. The number of pyridine rings is 1. The van der Waals surface area contributed by atoms with Crippen LogP contribution in [0.2, 0.25) is 0 Å². The molecule has 0 radical (unpaired) electrons. The van der Waals surface area contributed by atoms with Gasteiger partial charge < -0.3 is 19.5 Å². The molecule has 1 fully saturated rings. The van der Waals surface area contributed by atoms with Crippen LogP contribution in [0.25, 0.3) is 0 Å². The van der Waals surface area contributed by atoms with E-state index < -0.39 is 0 Å². The minimum Gasteiger partial charge on any atom is -0.489 e. The lowest BCUT2D eigenvalue weighted by molar-refractivity contribution is 0.102. The first kappa shape index (κ1) is 19.9. The lowest BCUT2D eigenvalue weighted by atomic mass is 10.1. The molecule has 0 bridgehead atoms. The van der Waals surface area contributed by atoms with Gasteiger partial charge in [0, 0.05) is 24.8 Å². The van der Waals surface area contributed by atoms with Gasteiger partial charge in [-0.1, -0.05) is 5.16 Å². The highest BCUT2D eigenvalue weighted by molar-refractivity contribution is 6.05. The van der Waals surface area contributed by atoms with E-state index in [0.29, 0.717) is 17.9 Å². The Morgan fingerprint density at radius 2 is 1.90 bits per heavy atom. The third kappa shape index (κ3) is 4.45. The largest absolute Gasteiger partial charge is 0.489 e. The Balaban J connectivity index is 1.41. The van der Waals surface area contributed by atoms with Gasteiger partial charge in [0.25, 0.3) is 5.91 Å². The Morgan fingerprint density at radius 3 is 2.60 bits per heavy atom. The van der Waals surface area contributed by atoms with Crippen LogP contribution in [-0.2, 0) is 6.61 Å². The van der Waals surface area contributed by atoms with Gasteiger partial charge in [0.05, 0.1) is 16.9 Å². The van der Waals surface area contributed by atoms with Crippen molar-refractivity contribution in [2.75, 3.05) is 23.3 Å². The molecule has 0 unspecified atom stereocenters. The summed E-state index contributed by atoms with van der Waals surface area (Å²) in [5.74, 6) is 2.11. The fraction of sp³-hybridized carbons (Fsp3) is 0.348. The van der Waals surface area contributed by atoms with E-state index in [9.17, 15) is 4.79 Å². The van der Waals surface area contributed by atoms with Crippen molar-refractivity contribution in [3.05, 3.63) is 65.2 Å². The van der Waals surface area contributed by atoms with Crippen molar-refractivity contribution in [1.82, 2.24) is 10.1 Å². The Morgan fingerprint density at radius 1 is 1.13 bits per heavy atom. The first-order chi connectivity index (χ1) is 14.6. The number of hydrogen-bond acceptors (Lipinski definition) is 6. The minimum absolute atomic E-state index is 0.168. The van der Waals surface area contributed by atoms with Gasteiger partial charge >= 0.3 is 0 Å². The normalized spacial score (nSPS) is 13.9. The number of nitrogens with zero attached hydrogens (tertiary/aromatic N) is 3. The van der Waals surface area contributed by atoms with Crippen LogP contribution in [0.15, 0.2) is 47.1 Å².